The van der Waals surface area contributed by atoms with Crippen molar-refractivity contribution in [1.82, 2.24) is 10.6 Å². The van der Waals surface area contributed by atoms with Crippen LogP contribution in [0.25, 0.3) is 0 Å². The number of carbonyl (C=O) groups is 2. The summed E-state index contributed by atoms with van der Waals surface area (Å²) in [4.78, 5) is 23.2. The third-order valence-corrected chi connectivity index (χ3v) is 3.49. The zero-order valence-electron chi connectivity index (χ0n) is 13.9. The van der Waals surface area contributed by atoms with Gasteiger partial charge in [-0.1, -0.05) is 6.07 Å². The molecule has 1 aromatic rings. The first-order valence-corrected chi connectivity index (χ1v) is 7.61. The fourth-order valence-corrected chi connectivity index (χ4v) is 2.40. The van der Waals surface area contributed by atoms with E-state index in [4.69, 9.17) is 9.47 Å². The molecule has 2 amide bonds. The van der Waals surface area contributed by atoms with Gasteiger partial charge in [-0.05, 0) is 17.7 Å². The van der Waals surface area contributed by atoms with E-state index < -0.39 is 0 Å². The Labute approximate surface area is 147 Å². The van der Waals surface area contributed by atoms with Gasteiger partial charge in [0.05, 0.1) is 26.0 Å². The number of amides is 2. The van der Waals surface area contributed by atoms with Crippen molar-refractivity contribution in [1.29, 1.82) is 0 Å². The normalized spacial score (nSPS) is 16.7. The number of benzene rings is 1. The SMILES string of the molecule is COc1ccc(CNC(=O)CC2COCCN2)cc1NC(C)=O.Cl. The Morgan fingerprint density at radius 2 is 2.21 bits per heavy atom. The highest BCUT2D eigenvalue weighted by Gasteiger charge is 2.16. The fourth-order valence-electron chi connectivity index (χ4n) is 2.40. The molecule has 0 radical (unpaired) electrons. The molecule has 8 heteroatoms. The van der Waals surface area contributed by atoms with Crippen LogP contribution >= 0.6 is 12.4 Å². The Balaban J connectivity index is 0.00000288. The van der Waals surface area contributed by atoms with Gasteiger partial charge in [0.25, 0.3) is 0 Å². The molecule has 1 unspecified atom stereocenters. The van der Waals surface area contributed by atoms with E-state index >= 15 is 0 Å². The average Bonchev–Trinajstić information content (AvgIpc) is 2.53. The zero-order valence-corrected chi connectivity index (χ0v) is 14.7. The number of methoxy groups -OCH3 is 1. The van der Waals surface area contributed by atoms with Crippen molar-refractivity contribution in [3.05, 3.63) is 23.8 Å². The molecule has 134 valence electrons. The Hall–Kier alpha value is -1.83. The minimum Gasteiger partial charge on any atom is -0.495 e. The quantitative estimate of drug-likeness (QED) is 0.708. The Morgan fingerprint density at radius 3 is 2.83 bits per heavy atom. The van der Waals surface area contributed by atoms with Crippen LogP contribution in [0.5, 0.6) is 5.75 Å². The molecule has 1 aliphatic rings. The summed E-state index contributed by atoms with van der Waals surface area (Å²) in [5.41, 5.74) is 1.48. The monoisotopic (exact) mass is 357 g/mol. The molecule has 0 aliphatic carbocycles. The van der Waals surface area contributed by atoms with Crippen molar-refractivity contribution in [2.45, 2.75) is 25.9 Å². The predicted octanol–water partition coefficient (Wildman–Crippen LogP) is 1.07. The van der Waals surface area contributed by atoms with Gasteiger partial charge in [-0.2, -0.15) is 0 Å². The highest BCUT2D eigenvalue weighted by atomic mass is 35.5. The van der Waals surface area contributed by atoms with E-state index in [1.54, 1.807) is 19.2 Å². The first kappa shape index (κ1) is 20.2. The molecule has 0 aromatic heterocycles. The van der Waals surface area contributed by atoms with E-state index in [0.717, 1.165) is 12.1 Å². The Kier molecular flexibility index (Phi) is 8.53. The van der Waals surface area contributed by atoms with E-state index in [9.17, 15) is 9.59 Å². The summed E-state index contributed by atoms with van der Waals surface area (Å²) in [7, 11) is 1.54. The number of halogens is 1. The second kappa shape index (κ2) is 10.1. The van der Waals surface area contributed by atoms with E-state index in [0.29, 0.717) is 37.6 Å². The number of ether oxygens (including phenoxy) is 2. The summed E-state index contributed by atoms with van der Waals surface area (Å²) in [5, 5.41) is 8.84. The third-order valence-electron chi connectivity index (χ3n) is 3.49. The molecular formula is C16H24ClN3O4. The Bertz CT molecular complexity index is 562. The molecule has 1 saturated heterocycles. The summed E-state index contributed by atoms with van der Waals surface area (Å²) in [6.45, 7) is 3.85. The second-order valence-corrected chi connectivity index (χ2v) is 5.42. The number of rotatable bonds is 6. The minimum absolute atomic E-state index is 0. The molecular weight excluding hydrogens is 334 g/mol. The smallest absolute Gasteiger partial charge is 0.221 e. The lowest BCUT2D eigenvalue weighted by Gasteiger charge is -2.23. The Morgan fingerprint density at radius 1 is 1.42 bits per heavy atom. The van der Waals surface area contributed by atoms with Crippen LogP contribution in [-0.4, -0.2) is 44.7 Å². The molecule has 3 N–H and O–H groups in total. The number of hydrogen-bond donors (Lipinski definition) is 3. The van der Waals surface area contributed by atoms with Crippen LogP contribution in [-0.2, 0) is 20.9 Å². The number of anilines is 1. The van der Waals surface area contributed by atoms with Crippen molar-refractivity contribution in [3.63, 3.8) is 0 Å². The van der Waals surface area contributed by atoms with Gasteiger partial charge in [0, 0.05) is 32.5 Å². The van der Waals surface area contributed by atoms with Crippen LogP contribution in [0.1, 0.15) is 18.9 Å². The molecule has 24 heavy (non-hydrogen) atoms. The molecule has 1 heterocycles. The lowest BCUT2D eigenvalue weighted by atomic mass is 10.1. The van der Waals surface area contributed by atoms with Crippen LogP contribution in [0.2, 0.25) is 0 Å². The van der Waals surface area contributed by atoms with E-state index in [1.807, 2.05) is 6.07 Å². The molecule has 0 bridgehead atoms. The van der Waals surface area contributed by atoms with Gasteiger partial charge in [-0.25, -0.2) is 0 Å². The molecule has 1 aliphatic heterocycles. The summed E-state index contributed by atoms with van der Waals surface area (Å²) >= 11 is 0. The van der Waals surface area contributed by atoms with Gasteiger partial charge in [-0.15, -0.1) is 12.4 Å². The first-order chi connectivity index (χ1) is 11.1. The summed E-state index contributed by atoms with van der Waals surface area (Å²) in [5.74, 6) is 0.372. The lowest BCUT2D eigenvalue weighted by Crippen LogP contribution is -2.44. The topological polar surface area (TPSA) is 88.7 Å². The maximum absolute atomic E-state index is 12.0. The van der Waals surface area contributed by atoms with Gasteiger partial charge in [0.2, 0.25) is 11.8 Å². The van der Waals surface area contributed by atoms with Crippen LogP contribution in [0.15, 0.2) is 18.2 Å². The molecule has 1 fully saturated rings. The highest BCUT2D eigenvalue weighted by Crippen LogP contribution is 2.25. The van der Waals surface area contributed by atoms with E-state index in [2.05, 4.69) is 16.0 Å². The molecule has 1 atom stereocenters. The summed E-state index contributed by atoms with van der Waals surface area (Å²) in [6, 6.07) is 5.48. The third kappa shape index (κ3) is 6.35. The van der Waals surface area contributed by atoms with Crippen LogP contribution in [0.4, 0.5) is 5.69 Å². The number of carbonyl (C=O) groups excluding carboxylic acids is 2. The summed E-state index contributed by atoms with van der Waals surface area (Å²) in [6.07, 6.45) is 0.384. The summed E-state index contributed by atoms with van der Waals surface area (Å²) < 4.78 is 10.5. The predicted molar refractivity (Wildman–Crippen MR) is 93.6 cm³/mol. The van der Waals surface area contributed by atoms with Crippen LogP contribution < -0.4 is 20.7 Å². The average molecular weight is 358 g/mol. The van der Waals surface area contributed by atoms with Gasteiger partial charge in [-0.3, -0.25) is 9.59 Å². The van der Waals surface area contributed by atoms with Crippen LogP contribution in [0.3, 0.4) is 0 Å². The molecule has 2 rings (SSSR count). The molecule has 1 aromatic carbocycles. The maximum atomic E-state index is 12.0. The van der Waals surface area contributed by atoms with Gasteiger partial charge in [0.15, 0.2) is 0 Å². The fraction of sp³-hybridized carbons (Fsp3) is 0.500. The van der Waals surface area contributed by atoms with Crippen molar-refractivity contribution in [3.8, 4) is 5.75 Å². The molecule has 0 saturated carbocycles. The van der Waals surface area contributed by atoms with Gasteiger partial charge in [0.1, 0.15) is 5.75 Å². The number of morpholine rings is 1. The van der Waals surface area contributed by atoms with Crippen molar-refractivity contribution >= 4 is 29.9 Å². The first-order valence-electron chi connectivity index (χ1n) is 7.61. The van der Waals surface area contributed by atoms with Crippen LogP contribution in [0, 0.1) is 0 Å². The van der Waals surface area contributed by atoms with Gasteiger partial charge >= 0.3 is 0 Å². The lowest BCUT2D eigenvalue weighted by molar-refractivity contribution is -0.122. The number of nitrogens with one attached hydrogen (secondary N) is 3. The number of hydrogen-bond acceptors (Lipinski definition) is 5. The van der Waals surface area contributed by atoms with Crippen molar-refractivity contribution < 1.29 is 19.1 Å². The van der Waals surface area contributed by atoms with Crippen molar-refractivity contribution in [2.75, 3.05) is 32.2 Å². The largest absolute Gasteiger partial charge is 0.495 e. The highest BCUT2D eigenvalue weighted by molar-refractivity contribution is 5.90. The van der Waals surface area contributed by atoms with E-state index in [-0.39, 0.29) is 30.3 Å². The second-order valence-electron chi connectivity index (χ2n) is 5.42. The van der Waals surface area contributed by atoms with Gasteiger partial charge < -0.3 is 25.4 Å². The van der Waals surface area contributed by atoms with Crippen molar-refractivity contribution in [2.24, 2.45) is 0 Å². The zero-order chi connectivity index (χ0) is 16.7. The molecule has 7 nitrogen and oxygen atoms in total. The molecule has 0 spiro atoms. The standard InChI is InChI=1S/C16H23N3O4.ClH/c1-11(20)19-14-7-12(3-4-15(14)22-2)9-18-16(21)8-13-10-23-6-5-17-13;/h3-4,7,13,17H,5-6,8-10H2,1-2H3,(H,18,21)(H,19,20);1H. The maximum Gasteiger partial charge on any atom is 0.221 e. The van der Waals surface area contributed by atoms with E-state index in [1.165, 1.54) is 6.92 Å². The minimum atomic E-state index is -0.173.